The third kappa shape index (κ3) is 2.41. The van der Waals surface area contributed by atoms with Crippen molar-refractivity contribution in [3.8, 4) is 0 Å². The van der Waals surface area contributed by atoms with Gasteiger partial charge < -0.3 is 10.6 Å². The van der Waals surface area contributed by atoms with E-state index in [-0.39, 0.29) is 0 Å². The maximum Gasteiger partial charge on any atom is 0.123 e. The van der Waals surface area contributed by atoms with Gasteiger partial charge in [0.05, 0.1) is 0 Å². The summed E-state index contributed by atoms with van der Waals surface area (Å²) in [5, 5.41) is 0. The van der Waals surface area contributed by atoms with Gasteiger partial charge in [-0.2, -0.15) is 0 Å². The molecule has 0 amide bonds. The zero-order valence-electron chi connectivity index (χ0n) is 11.2. The molecule has 3 nitrogen and oxygen atoms in total. The van der Waals surface area contributed by atoms with Crippen molar-refractivity contribution in [3.63, 3.8) is 0 Å². The van der Waals surface area contributed by atoms with Gasteiger partial charge in [0.1, 0.15) is 5.82 Å². The van der Waals surface area contributed by atoms with Crippen LogP contribution in [0.3, 0.4) is 0 Å². The van der Waals surface area contributed by atoms with Crippen LogP contribution in [-0.2, 0) is 13.0 Å². The predicted octanol–water partition coefficient (Wildman–Crippen LogP) is 3.01. The molecule has 0 bridgehead atoms. The number of fused-ring (bicyclic) bond motifs is 1. The lowest BCUT2D eigenvalue weighted by molar-refractivity contribution is 0.560. The fourth-order valence-corrected chi connectivity index (χ4v) is 2.73. The summed E-state index contributed by atoms with van der Waals surface area (Å²) in [7, 11) is 0. The second-order valence-corrected chi connectivity index (χ2v) is 5.24. The van der Waals surface area contributed by atoms with Crippen LogP contribution in [0.5, 0.6) is 0 Å². The number of pyridine rings is 1. The van der Waals surface area contributed by atoms with Crippen molar-refractivity contribution < 1.29 is 0 Å². The SMILES string of the molecule is CC1CCc2ccccc2N1Cc1ccc(N)nc1. The Balaban J connectivity index is 1.89. The maximum absolute atomic E-state index is 5.64. The largest absolute Gasteiger partial charge is 0.384 e. The monoisotopic (exact) mass is 253 g/mol. The first-order chi connectivity index (χ1) is 9.24. The Morgan fingerprint density at radius 2 is 2.11 bits per heavy atom. The van der Waals surface area contributed by atoms with Crippen LogP contribution in [0.15, 0.2) is 42.6 Å². The minimum atomic E-state index is 0.562. The van der Waals surface area contributed by atoms with E-state index in [1.54, 1.807) is 0 Å². The number of rotatable bonds is 2. The fourth-order valence-electron chi connectivity index (χ4n) is 2.73. The molecule has 1 aromatic heterocycles. The van der Waals surface area contributed by atoms with E-state index in [1.165, 1.54) is 29.7 Å². The Labute approximate surface area is 114 Å². The molecular formula is C16H19N3. The number of nitrogens with two attached hydrogens (primary N) is 1. The van der Waals surface area contributed by atoms with E-state index in [2.05, 4.69) is 47.1 Å². The summed E-state index contributed by atoms with van der Waals surface area (Å²) in [6, 6.07) is 13.2. The zero-order chi connectivity index (χ0) is 13.2. The quantitative estimate of drug-likeness (QED) is 0.894. The van der Waals surface area contributed by atoms with Crippen LogP contribution in [0.4, 0.5) is 11.5 Å². The molecule has 1 aromatic carbocycles. The molecular weight excluding hydrogens is 234 g/mol. The number of anilines is 2. The summed E-state index contributed by atoms with van der Waals surface area (Å²) < 4.78 is 0. The molecule has 98 valence electrons. The van der Waals surface area contributed by atoms with E-state index in [1.807, 2.05) is 12.3 Å². The minimum Gasteiger partial charge on any atom is -0.384 e. The molecule has 19 heavy (non-hydrogen) atoms. The first-order valence-corrected chi connectivity index (χ1v) is 6.79. The molecule has 0 saturated heterocycles. The van der Waals surface area contributed by atoms with Crippen LogP contribution in [0.2, 0.25) is 0 Å². The Morgan fingerprint density at radius 1 is 1.26 bits per heavy atom. The average molecular weight is 253 g/mol. The standard InChI is InChI=1S/C16H19N3/c1-12-6-8-14-4-2-3-5-15(14)19(12)11-13-7-9-16(17)18-10-13/h2-5,7,9-10,12H,6,8,11H2,1H3,(H2,17,18). The van der Waals surface area contributed by atoms with Crippen LogP contribution < -0.4 is 10.6 Å². The van der Waals surface area contributed by atoms with Crippen molar-refractivity contribution in [3.05, 3.63) is 53.7 Å². The Kier molecular flexibility index (Phi) is 3.11. The highest BCUT2D eigenvalue weighted by atomic mass is 15.2. The highest BCUT2D eigenvalue weighted by molar-refractivity contribution is 5.56. The number of hydrogen-bond donors (Lipinski definition) is 1. The van der Waals surface area contributed by atoms with Gasteiger partial charge in [0.15, 0.2) is 0 Å². The maximum atomic E-state index is 5.64. The molecule has 1 aliphatic heterocycles. The number of benzene rings is 1. The third-order valence-corrected chi connectivity index (χ3v) is 3.87. The number of hydrogen-bond acceptors (Lipinski definition) is 3. The van der Waals surface area contributed by atoms with E-state index in [0.717, 1.165) is 6.54 Å². The molecule has 1 aliphatic rings. The number of para-hydroxylation sites is 1. The summed E-state index contributed by atoms with van der Waals surface area (Å²) in [6.45, 7) is 3.19. The van der Waals surface area contributed by atoms with E-state index >= 15 is 0 Å². The van der Waals surface area contributed by atoms with Gasteiger partial charge in [-0.3, -0.25) is 0 Å². The fraction of sp³-hybridized carbons (Fsp3) is 0.312. The Morgan fingerprint density at radius 3 is 2.89 bits per heavy atom. The smallest absolute Gasteiger partial charge is 0.123 e. The molecule has 0 fully saturated rings. The van der Waals surface area contributed by atoms with Crippen LogP contribution in [0, 0.1) is 0 Å². The Bertz CT molecular complexity index is 562. The van der Waals surface area contributed by atoms with Crippen molar-refractivity contribution >= 4 is 11.5 Å². The van der Waals surface area contributed by atoms with Gasteiger partial charge in [0, 0.05) is 24.5 Å². The predicted molar refractivity (Wildman–Crippen MR) is 79.1 cm³/mol. The van der Waals surface area contributed by atoms with Crippen LogP contribution in [-0.4, -0.2) is 11.0 Å². The topological polar surface area (TPSA) is 42.1 Å². The van der Waals surface area contributed by atoms with Gasteiger partial charge in [-0.1, -0.05) is 24.3 Å². The average Bonchev–Trinajstić information content (AvgIpc) is 2.44. The summed E-state index contributed by atoms with van der Waals surface area (Å²) in [5.41, 5.74) is 9.65. The van der Waals surface area contributed by atoms with Gasteiger partial charge in [-0.05, 0) is 43.0 Å². The summed E-state index contributed by atoms with van der Waals surface area (Å²) in [5.74, 6) is 0.579. The van der Waals surface area contributed by atoms with Gasteiger partial charge in [-0.25, -0.2) is 4.98 Å². The van der Waals surface area contributed by atoms with Crippen molar-refractivity contribution in [1.82, 2.24) is 4.98 Å². The molecule has 0 aliphatic carbocycles. The van der Waals surface area contributed by atoms with Gasteiger partial charge >= 0.3 is 0 Å². The first-order valence-electron chi connectivity index (χ1n) is 6.79. The van der Waals surface area contributed by atoms with Crippen molar-refractivity contribution in [2.45, 2.75) is 32.4 Å². The van der Waals surface area contributed by atoms with E-state index < -0.39 is 0 Å². The number of nitrogen functional groups attached to an aromatic ring is 1. The molecule has 1 atom stereocenters. The van der Waals surface area contributed by atoms with Crippen LogP contribution in [0.25, 0.3) is 0 Å². The van der Waals surface area contributed by atoms with Crippen molar-refractivity contribution in [2.75, 3.05) is 10.6 Å². The number of nitrogens with zero attached hydrogens (tertiary/aromatic N) is 2. The van der Waals surface area contributed by atoms with Crippen molar-refractivity contribution in [2.24, 2.45) is 0 Å². The Hall–Kier alpha value is -2.03. The number of aryl methyl sites for hydroxylation is 1. The van der Waals surface area contributed by atoms with E-state index in [4.69, 9.17) is 5.73 Å². The highest BCUT2D eigenvalue weighted by Gasteiger charge is 2.22. The summed E-state index contributed by atoms with van der Waals surface area (Å²) in [6.07, 6.45) is 4.26. The van der Waals surface area contributed by atoms with Gasteiger partial charge in [-0.15, -0.1) is 0 Å². The molecule has 1 unspecified atom stereocenters. The number of aromatic nitrogens is 1. The van der Waals surface area contributed by atoms with E-state index in [9.17, 15) is 0 Å². The molecule has 2 heterocycles. The van der Waals surface area contributed by atoms with Crippen molar-refractivity contribution in [1.29, 1.82) is 0 Å². The lowest BCUT2D eigenvalue weighted by atomic mass is 9.96. The highest BCUT2D eigenvalue weighted by Crippen LogP contribution is 2.31. The first kappa shape index (κ1) is 12.0. The minimum absolute atomic E-state index is 0.562. The lowest BCUT2D eigenvalue weighted by Gasteiger charge is -2.37. The third-order valence-electron chi connectivity index (χ3n) is 3.87. The molecule has 3 heteroatoms. The molecule has 3 rings (SSSR count). The van der Waals surface area contributed by atoms with E-state index in [0.29, 0.717) is 11.9 Å². The molecule has 0 saturated carbocycles. The lowest BCUT2D eigenvalue weighted by Crippen LogP contribution is -2.36. The zero-order valence-corrected chi connectivity index (χ0v) is 11.2. The molecule has 0 radical (unpaired) electrons. The van der Waals surface area contributed by atoms with Crippen LogP contribution >= 0.6 is 0 Å². The molecule has 2 aromatic rings. The van der Waals surface area contributed by atoms with Gasteiger partial charge in [0.2, 0.25) is 0 Å². The molecule has 2 N–H and O–H groups in total. The normalized spacial score (nSPS) is 18.2. The second-order valence-electron chi connectivity index (χ2n) is 5.24. The summed E-state index contributed by atoms with van der Waals surface area (Å²) in [4.78, 5) is 6.64. The van der Waals surface area contributed by atoms with Crippen LogP contribution in [0.1, 0.15) is 24.5 Å². The van der Waals surface area contributed by atoms with Gasteiger partial charge in [0.25, 0.3) is 0 Å². The summed E-state index contributed by atoms with van der Waals surface area (Å²) >= 11 is 0. The second kappa shape index (κ2) is 4.92. The molecule has 0 spiro atoms.